The molecule has 0 spiro atoms. The number of aromatic nitrogens is 1. The van der Waals surface area contributed by atoms with Crippen molar-refractivity contribution in [1.29, 1.82) is 0 Å². The van der Waals surface area contributed by atoms with Crippen LogP contribution in [-0.2, 0) is 16.1 Å². The lowest BCUT2D eigenvalue weighted by Gasteiger charge is -2.28. The van der Waals surface area contributed by atoms with E-state index in [-0.39, 0.29) is 18.5 Å². The summed E-state index contributed by atoms with van der Waals surface area (Å²) in [6.07, 6.45) is 7.46. The minimum atomic E-state index is -0.533. The molecule has 0 radical (unpaired) electrons. The Morgan fingerprint density at radius 3 is 2.77 bits per heavy atom. The largest absolute Gasteiger partial charge is 0.462 e. The number of aliphatic hydroxyl groups excluding tert-OH is 1. The molecule has 1 saturated carbocycles. The number of hydrogen-bond acceptors (Lipinski definition) is 3. The Labute approximate surface area is 132 Å². The van der Waals surface area contributed by atoms with Gasteiger partial charge in [-0.25, -0.2) is 0 Å². The third-order valence-electron chi connectivity index (χ3n) is 5.17. The van der Waals surface area contributed by atoms with Crippen LogP contribution in [-0.4, -0.2) is 27.9 Å². The minimum Gasteiger partial charge on any atom is -0.462 e. The van der Waals surface area contributed by atoms with Gasteiger partial charge in [-0.2, -0.15) is 0 Å². The van der Waals surface area contributed by atoms with Crippen molar-refractivity contribution in [2.24, 2.45) is 0 Å². The monoisotopic (exact) mass is 305 g/mol. The molecule has 4 nitrogen and oxygen atoms in total. The van der Waals surface area contributed by atoms with Crippen LogP contribution in [0.2, 0.25) is 0 Å². The first-order valence-electron chi connectivity index (χ1n) is 8.67. The molecule has 1 aromatic rings. The van der Waals surface area contributed by atoms with E-state index in [1.54, 1.807) is 0 Å². The molecule has 1 aliphatic carbocycles. The Morgan fingerprint density at radius 2 is 2.05 bits per heavy atom. The second kappa shape index (κ2) is 6.86. The predicted molar refractivity (Wildman–Crippen MR) is 84.7 cm³/mol. The second-order valence-corrected chi connectivity index (χ2v) is 6.88. The first kappa shape index (κ1) is 15.6. The molecule has 2 unspecified atom stereocenters. The fraction of sp³-hybridized carbons (Fsp3) is 0.722. The first-order valence-corrected chi connectivity index (χ1v) is 8.67. The van der Waals surface area contributed by atoms with E-state index < -0.39 is 6.10 Å². The summed E-state index contributed by atoms with van der Waals surface area (Å²) in [6, 6.07) is 4.47. The summed E-state index contributed by atoms with van der Waals surface area (Å²) in [5, 5.41) is 9.71. The van der Waals surface area contributed by atoms with E-state index in [0.717, 1.165) is 13.0 Å². The molecule has 1 aromatic heterocycles. The highest BCUT2D eigenvalue weighted by molar-refractivity contribution is 5.70. The van der Waals surface area contributed by atoms with Crippen molar-refractivity contribution < 1.29 is 14.6 Å². The van der Waals surface area contributed by atoms with Crippen LogP contribution >= 0.6 is 0 Å². The molecule has 2 aliphatic rings. The highest BCUT2D eigenvalue weighted by Gasteiger charge is 2.27. The van der Waals surface area contributed by atoms with Crippen LogP contribution in [0.4, 0.5) is 0 Å². The van der Waals surface area contributed by atoms with Gasteiger partial charge in [0.05, 0.1) is 12.5 Å². The molecule has 2 fully saturated rings. The quantitative estimate of drug-likeness (QED) is 0.868. The zero-order valence-electron chi connectivity index (χ0n) is 13.5. The van der Waals surface area contributed by atoms with Crippen LogP contribution < -0.4 is 0 Å². The highest BCUT2D eigenvalue weighted by Crippen LogP contribution is 2.34. The molecule has 0 aromatic carbocycles. The first-order chi connectivity index (χ1) is 10.6. The molecule has 122 valence electrons. The van der Waals surface area contributed by atoms with Crippen LogP contribution in [0.15, 0.2) is 12.1 Å². The highest BCUT2D eigenvalue weighted by atomic mass is 16.5. The van der Waals surface area contributed by atoms with Gasteiger partial charge in [-0.3, -0.25) is 4.79 Å². The van der Waals surface area contributed by atoms with Gasteiger partial charge in [0.25, 0.3) is 0 Å². The molecule has 2 atom stereocenters. The number of carbonyl (C=O) groups is 1. The maximum absolute atomic E-state index is 11.4. The normalized spacial score (nSPS) is 26.9. The lowest BCUT2D eigenvalue weighted by atomic mass is 9.87. The predicted octanol–water partition coefficient (Wildman–Crippen LogP) is 3.30. The zero-order valence-corrected chi connectivity index (χ0v) is 13.5. The lowest BCUT2D eigenvalue weighted by molar-refractivity contribution is -0.160. The van der Waals surface area contributed by atoms with E-state index in [0.29, 0.717) is 12.3 Å². The van der Waals surface area contributed by atoms with Crippen molar-refractivity contribution in [3.63, 3.8) is 0 Å². The van der Waals surface area contributed by atoms with Crippen molar-refractivity contribution in [3.8, 4) is 0 Å². The number of aliphatic hydroxyl groups is 1. The topological polar surface area (TPSA) is 51.5 Å². The second-order valence-electron chi connectivity index (χ2n) is 6.88. The van der Waals surface area contributed by atoms with Crippen molar-refractivity contribution in [3.05, 3.63) is 23.5 Å². The maximum Gasteiger partial charge on any atom is 0.308 e. The van der Waals surface area contributed by atoms with Crippen molar-refractivity contribution in [1.82, 2.24) is 4.57 Å². The fourth-order valence-electron chi connectivity index (χ4n) is 3.96. The smallest absolute Gasteiger partial charge is 0.308 e. The number of nitrogens with zero attached hydrogens (tertiary/aromatic N) is 1. The number of rotatable bonds is 4. The third kappa shape index (κ3) is 3.54. The van der Waals surface area contributed by atoms with Crippen molar-refractivity contribution in [2.75, 3.05) is 0 Å². The van der Waals surface area contributed by atoms with Crippen molar-refractivity contribution >= 4 is 5.97 Å². The molecule has 2 heterocycles. The SMILES string of the molecule is Cc1ccc(C2CCCCC2)n1CCC1CC(O)CC(=O)O1. The Kier molecular flexibility index (Phi) is 4.87. The Balaban J connectivity index is 1.64. The van der Waals surface area contributed by atoms with Gasteiger partial charge in [0.2, 0.25) is 0 Å². The number of ether oxygens (including phenoxy) is 1. The Hall–Kier alpha value is -1.29. The molecule has 1 aliphatic heterocycles. The molecule has 0 bridgehead atoms. The summed E-state index contributed by atoms with van der Waals surface area (Å²) in [4.78, 5) is 11.4. The van der Waals surface area contributed by atoms with Gasteiger partial charge in [0.15, 0.2) is 0 Å². The molecule has 4 heteroatoms. The van der Waals surface area contributed by atoms with Gasteiger partial charge in [-0.05, 0) is 37.8 Å². The molecular weight excluding hydrogens is 278 g/mol. The molecule has 3 rings (SSSR count). The number of cyclic esters (lactones) is 1. The number of carbonyl (C=O) groups excluding carboxylic acids is 1. The Bertz CT molecular complexity index is 516. The average Bonchev–Trinajstić information content (AvgIpc) is 2.86. The van der Waals surface area contributed by atoms with Gasteiger partial charge in [-0.1, -0.05) is 19.3 Å². The number of esters is 1. The number of aryl methyl sites for hydroxylation is 1. The van der Waals surface area contributed by atoms with E-state index >= 15 is 0 Å². The van der Waals surface area contributed by atoms with Crippen LogP contribution in [0, 0.1) is 6.92 Å². The summed E-state index contributed by atoms with van der Waals surface area (Å²) in [5.74, 6) is 0.419. The average molecular weight is 305 g/mol. The number of hydrogen-bond donors (Lipinski definition) is 1. The van der Waals surface area contributed by atoms with Crippen LogP contribution in [0.25, 0.3) is 0 Å². The minimum absolute atomic E-state index is 0.141. The molecule has 1 saturated heterocycles. The summed E-state index contributed by atoms with van der Waals surface area (Å²) in [5.41, 5.74) is 2.73. The summed E-state index contributed by atoms with van der Waals surface area (Å²) in [7, 11) is 0. The lowest BCUT2D eigenvalue weighted by Crippen LogP contribution is -2.33. The summed E-state index contributed by atoms with van der Waals surface area (Å²) in [6.45, 7) is 3.02. The van der Waals surface area contributed by atoms with Crippen molar-refractivity contribution in [2.45, 2.75) is 83.0 Å². The standard InChI is InChI=1S/C18H27NO3/c1-13-7-8-17(14-5-3-2-4-6-14)19(13)10-9-16-11-15(20)12-18(21)22-16/h7-8,14-16,20H,2-6,9-12H2,1H3. The van der Waals surface area contributed by atoms with Crippen LogP contribution in [0.5, 0.6) is 0 Å². The molecule has 0 amide bonds. The van der Waals surface area contributed by atoms with Gasteiger partial charge < -0.3 is 14.4 Å². The molecule has 1 N–H and O–H groups in total. The van der Waals surface area contributed by atoms with E-state index in [1.165, 1.54) is 43.5 Å². The van der Waals surface area contributed by atoms with E-state index in [2.05, 4.69) is 23.6 Å². The zero-order chi connectivity index (χ0) is 15.5. The fourth-order valence-corrected chi connectivity index (χ4v) is 3.96. The maximum atomic E-state index is 11.4. The summed E-state index contributed by atoms with van der Waals surface area (Å²) < 4.78 is 7.76. The third-order valence-corrected chi connectivity index (χ3v) is 5.17. The van der Waals surface area contributed by atoms with Crippen LogP contribution in [0.3, 0.4) is 0 Å². The van der Waals surface area contributed by atoms with Gasteiger partial charge in [0, 0.05) is 30.8 Å². The van der Waals surface area contributed by atoms with E-state index in [9.17, 15) is 9.90 Å². The Morgan fingerprint density at radius 1 is 1.27 bits per heavy atom. The van der Waals surface area contributed by atoms with E-state index in [4.69, 9.17) is 4.74 Å². The van der Waals surface area contributed by atoms with Gasteiger partial charge in [0.1, 0.15) is 6.10 Å². The molecule has 22 heavy (non-hydrogen) atoms. The summed E-state index contributed by atoms with van der Waals surface area (Å²) >= 11 is 0. The van der Waals surface area contributed by atoms with Gasteiger partial charge in [-0.15, -0.1) is 0 Å². The molecular formula is C18H27NO3. The van der Waals surface area contributed by atoms with Crippen LogP contribution in [0.1, 0.15) is 68.7 Å². The van der Waals surface area contributed by atoms with Gasteiger partial charge >= 0.3 is 5.97 Å². The van der Waals surface area contributed by atoms with E-state index in [1.807, 2.05) is 0 Å².